The Balaban J connectivity index is 1.23. The molecule has 0 saturated heterocycles. The van der Waals surface area contributed by atoms with Crippen molar-refractivity contribution in [1.82, 2.24) is 14.8 Å². The van der Waals surface area contributed by atoms with E-state index >= 15 is 0 Å². The zero-order chi connectivity index (χ0) is 23.9. The summed E-state index contributed by atoms with van der Waals surface area (Å²) in [5, 5.41) is 12.3. The first-order valence-corrected chi connectivity index (χ1v) is 12.0. The predicted molar refractivity (Wildman–Crippen MR) is 136 cm³/mol. The Morgan fingerprint density at radius 1 is 0.857 bits per heavy atom. The summed E-state index contributed by atoms with van der Waals surface area (Å²) in [6.07, 6.45) is 1.64. The number of amides is 1. The standard InChI is InChI=1S/C27H22N4O3S/c32-25(28-21-13-15-23(16-14-21)34-22-10-5-2-6-11-22)19-35-27-30-29-26(20-8-3-1-4-9-20)31(27)18-24-12-7-17-33-24/h1-17H,18-19H2,(H,28,32). The van der Waals surface area contributed by atoms with E-state index < -0.39 is 0 Å². The normalized spacial score (nSPS) is 10.7. The van der Waals surface area contributed by atoms with Gasteiger partial charge in [0.25, 0.3) is 0 Å². The highest BCUT2D eigenvalue weighted by Crippen LogP contribution is 2.26. The summed E-state index contributed by atoms with van der Waals surface area (Å²) < 4.78 is 13.3. The van der Waals surface area contributed by atoms with Crippen LogP contribution < -0.4 is 10.1 Å². The number of nitrogens with one attached hydrogen (secondary N) is 1. The molecule has 1 amide bonds. The van der Waals surface area contributed by atoms with Crippen LogP contribution in [0.15, 0.2) is 113 Å². The van der Waals surface area contributed by atoms with Crippen LogP contribution in [-0.4, -0.2) is 26.4 Å². The molecule has 2 aromatic heterocycles. The Bertz CT molecular complexity index is 1370. The van der Waals surface area contributed by atoms with Gasteiger partial charge in [-0.2, -0.15) is 0 Å². The van der Waals surface area contributed by atoms with E-state index in [1.54, 1.807) is 6.26 Å². The number of hydrogen-bond donors (Lipinski definition) is 1. The van der Waals surface area contributed by atoms with Crippen molar-refractivity contribution in [3.05, 3.63) is 109 Å². The monoisotopic (exact) mass is 482 g/mol. The van der Waals surface area contributed by atoms with Crippen LogP contribution in [0.5, 0.6) is 11.5 Å². The molecule has 0 aliphatic carbocycles. The van der Waals surface area contributed by atoms with E-state index in [1.165, 1.54) is 11.8 Å². The van der Waals surface area contributed by atoms with Gasteiger partial charge in [0.15, 0.2) is 11.0 Å². The first kappa shape index (κ1) is 22.5. The average Bonchev–Trinajstić information content (AvgIpc) is 3.56. The third-order valence-electron chi connectivity index (χ3n) is 5.09. The van der Waals surface area contributed by atoms with E-state index in [1.807, 2.05) is 102 Å². The molecule has 5 rings (SSSR count). The molecule has 7 nitrogen and oxygen atoms in total. The number of benzene rings is 3. The highest BCUT2D eigenvalue weighted by molar-refractivity contribution is 7.99. The number of aromatic nitrogens is 3. The fraction of sp³-hybridized carbons (Fsp3) is 0.0741. The van der Waals surface area contributed by atoms with Crippen molar-refractivity contribution in [1.29, 1.82) is 0 Å². The molecule has 174 valence electrons. The number of para-hydroxylation sites is 1. The molecule has 0 radical (unpaired) electrons. The molecule has 0 unspecified atom stereocenters. The lowest BCUT2D eigenvalue weighted by molar-refractivity contribution is -0.113. The van der Waals surface area contributed by atoms with Crippen LogP contribution in [0.3, 0.4) is 0 Å². The van der Waals surface area contributed by atoms with Crippen molar-refractivity contribution in [2.45, 2.75) is 11.7 Å². The molecule has 1 N–H and O–H groups in total. The van der Waals surface area contributed by atoms with Crippen LogP contribution >= 0.6 is 11.8 Å². The summed E-state index contributed by atoms with van der Waals surface area (Å²) >= 11 is 1.33. The topological polar surface area (TPSA) is 82.2 Å². The summed E-state index contributed by atoms with van der Waals surface area (Å²) in [7, 11) is 0. The zero-order valence-corrected chi connectivity index (χ0v) is 19.5. The largest absolute Gasteiger partial charge is 0.467 e. The Morgan fingerprint density at radius 2 is 1.57 bits per heavy atom. The summed E-state index contributed by atoms with van der Waals surface area (Å²) in [5.41, 5.74) is 1.64. The fourth-order valence-corrected chi connectivity index (χ4v) is 4.19. The van der Waals surface area contributed by atoms with Crippen molar-refractivity contribution in [3.63, 3.8) is 0 Å². The quantitative estimate of drug-likeness (QED) is 0.255. The second kappa shape index (κ2) is 10.8. The number of furan rings is 1. The van der Waals surface area contributed by atoms with Crippen LogP contribution in [0.4, 0.5) is 5.69 Å². The number of nitrogens with zero attached hydrogens (tertiary/aromatic N) is 3. The number of thioether (sulfide) groups is 1. The van der Waals surface area contributed by atoms with E-state index in [-0.39, 0.29) is 11.7 Å². The second-order valence-electron chi connectivity index (χ2n) is 7.61. The van der Waals surface area contributed by atoms with Crippen LogP contribution in [0.2, 0.25) is 0 Å². The Labute approximate surface area is 206 Å². The maximum atomic E-state index is 12.6. The molecule has 3 aromatic carbocycles. The van der Waals surface area contributed by atoms with Crippen LogP contribution in [0.25, 0.3) is 11.4 Å². The van der Waals surface area contributed by atoms with Gasteiger partial charge in [0.1, 0.15) is 17.3 Å². The van der Waals surface area contributed by atoms with Crippen LogP contribution in [0, 0.1) is 0 Å². The Morgan fingerprint density at radius 3 is 2.29 bits per heavy atom. The SMILES string of the molecule is O=C(CSc1nnc(-c2ccccc2)n1Cc1ccco1)Nc1ccc(Oc2ccccc2)cc1. The summed E-state index contributed by atoms with van der Waals surface area (Å²) in [6, 6.07) is 30.4. The molecule has 0 aliphatic rings. The smallest absolute Gasteiger partial charge is 0.234 e. The minimum Gasteiger partial charge on any atom is -0.467 e. The van der Waals surface area contributed by atoms with Gasteiger partial charge in [0.2, 0.25) is 5.91 Å². The van der Waals surface area contributed by atoms with Gasteiger partial charge < -0.3 is 14.5 Å². The van der Waals surface area contributed by atoms with Crippen LogP contribution in [0.1, 0.15) is 5.76 Å². The van der Waals surface area contributed by atoms with Gasteiger partial charge in [-0.1, -0.05) is 60.3 Å². The molecule has 8 heteroatoms. The van der Waals surface area contributed by atoms with Crippen LogP contribution in [-0.2, 0) is 11.3 Å². The molecule has 35 heavy (non-hydrogen) atoms. The van der Waals surface area contributed by atoms with Gasteiger partial charge >= 0.3 is 0 Å². The maximum absolute atomic E-state index is 12.6. The maximum Gasteiger partial charge on any atom is 0.234 e. The first-order valence-electron chi connectivity index (χ1n) is 11.0. The molecule has 0 aliphatic heterocycles. The number of anilines is 1. The van der Waals surface area contributed by atoms with Crippen molar-refractivity contribution in [2.24, 2.45) is 0 Å². The summed E-state index contributed by atoms with van der Waals surface area (Å²) in [5.74, 6) is 3.01. The van der Waals surface area contributed by atoms with Gasteiger partial charge in [-0.05, 0) is 48.5 Å². The number of ether oxygens (including phenoxy) is 1. The van der Waals surface area contributed by atoms with Crippen molar-refractivity contribution >= 4 is 23.4 Å². The van der Waals surface area contributed by atoms with Gasteiger partial charge in [-0.15, -0.1) is 10.2 Å². The molecule has 2 heterocycles. The average molecular weight is 483 g/mol. The van der Waals surface area contributed by atoms with Gasteiger partial charge in [-0.3, -0.25) is 9.36 Å². The van der Waals surface area contributed by atoms with Gasteiger partial charge in [0.05, 0.1) is 18.6 Å². The lowest BCUT2D eigenvalue weighted by Crippen LogP contribution is -2.14. The summed E-state index contributed by atoms with van der Waals surface area (Å²) in [4.78, 5) is 12.6. The van der Waals surface area contributed by atoms with E-state index in [0.29, 0.717) is 23.1 Å². The van der Waals surface area contributed by atoms with E-state index in [0.717, 1.165) is 22.9 Å². The third-order valence-corrected chi connectivity index (χ3v) is 6.06. The van der Waals surface area contributed by atoms with E-state index in [2.05, 4.69) is 15.5 Å². The zero-order valence-electron chi connectivity index (χ0n) is 18.7. The molecule has 0 bridgehead atoms. The first-order chi connectivity index (χ1) is 17.2. The van der Waals surface area contributed by atoms with Gasteiger partial charge in [-0.25, -0.2) is 0 Å². The van der Waals surface area contributed by atoms with Crippen molar-refractivity contribution in [3.8, 4) is 22.9 Å². The molecule has 0 spiro atoms. The minimum atomic E-state index is -0.138. The second-order valence-corrected chi connectivity index (χ2v) is 8.56. The fourth-order valence-electron chi connectivity index (χ4n) is 3.46. The Hall–Kier alpha value is -4.30. The highest BCUT2D eigenvalue weighted by Gasteiger charge is 2.17. The molecule has 0 atom stereocenters. The summed E-state index contributed by atoms with van der Waals surface area (Å²) in [6.45, 7) is 0.469. The third kappa shape index (κ3) is 5.80. The number of rotatable bonds is 9. The molecule has 0 saturated carbocycles. The Kier molecular flexibility index (Phi) is 6.91. The van der Waals surface area contributed by atoms with Crippen molar-refractivity contribution in [2.75, 3.05) is 11.1 Å². The lowest BCUT2D eigenvalue weighted by atomic mass is 10.2. The molecular formula is C27H22N4O3S. The van der Waals surface area contributed by atoms with Crippen molar-refractivity contribution < 1.29 is 13.9 Å². The molecular weight excluding hydrogens is 460 g/mol. The highest BCUT2D eigenvalue weighted by atomic mass is 32.2. The number of hydrogen-bond acceptors (Lipinski definition) is 6. The van der Waals surface area contributed by atoms with E-state index in [4.69, 9.17) is 9.15 Å². The molecule has 5 aromatic rings. The predicted octanol–water partition coefficient (Wildman–Crippen LogP) is 6.11. The number of carbonyl (C=O) groups excluding carboxylic acids is 1. The number of carbonyl (C=O) groups is 1. The molecule has 0 fully saturated rings. The minimum absolute atomic E-state index is 0.138. The lowest BCUT2D eigenvalue weighted by Gasteiger charge is -2.10. The van der Waals surface area contributed by atoms with E-state index in [9.17, 15) is 4.79 Å². The van der Waals surface area contributed by atoms with Gasteiger partial charge in [0, 0.05) is 11.3 Å².